The van der Waals surface area contributed by atoms with Crippen molar-refractivity contribution in [1.82, 2.24) is 15.1 Å². The van der Waals surface area contributed by atoms with Crippen LogP contribution in [-0.2, 0) is 9.59 Å². The molecular formula is C18H29N3O2. The van der Waals surface area contributed by atoms with Crippen molar-refractivity contribution in [3.8, 4) is 0 Å². The summed E-state index contributed by atoms with van der Waals surface area (Å²) in [5, 5.41) is 2.65. The average Bonchev–Trinajstić information content (AvgIpc) is 3.06. The van der Waals surface area contributed by atoms with Crippen LogP contribution >= 0.6 is 0 Å². The third kappa shape index (κ3) is 4.55. The first-order valence-corrected chi connectivity index (χ1v) is 8.29. The number of carbonyl (C=O) groups is 2. The van der Waals surface area contributed by atoms with Gasteiger partial charge in [0.1, 0.15) is 12.1 Å². The summed E-state index contributed by atoms with van der Waals surface area (Å²) < 4.78 is 0. The molecule has 0 radical (unpaired) electrons. The molecule has 2 unspecified atom stereocenters. The summed E-state index contributed by atoms with van der Waals surface area (Å²) in [6.07, 6.45) is 1.61. The van der Waals surface area contributed by atoms with Crippen LogP contribution in [0.1, 0.15) is 38.3 Å². The molecule has 0 saturated carbocycles. The van der Waals surface area contributed by atoms with Crippen molar-refractivity contribution < 1.29 is 9.59 Å². The third-order valence-electron chi connectivity index (χ3n) is 3.95. The molecule has 1 aliphatic rings. The molecule has 0 bridgehead atoms. The van der Waals surface area contributed by atoms with Crippen molar-refractivity contribution in [3.05, 3.63) is 35.9 Å². The normalized spacial score (nSPS) is 18.2. The van der Waals surface area contributed by atoms with Crippen molar-refractivity contribution in [1.29, 1.82) is 0 Å². The summed E-state index contributed by atoms with van der Waals surface area (Å²) in [6, 6.07) is 9.01. The van der Waals surface area contributed by atoms with Crippen LogP contribution in [0.3, 0.4) is 0 Å². The van der Waals surface area contributed by atoms with E-state index in [4.69, 9.17) is 0 Å². The van der Waals surface area contributed by atoms with Gasteiger partial charge in [-0.25, -0.2) is 0 Å². The fraction of sp³-hybridized carbons (Fsp3) is 0.556. The van der Waals surface area contributed by atoms with Crippen molar-refractivity contribution >= 4 is 11.8 Å². The van der Waals surface area contributed by atoms with Crippen LogP contribution < -0.4 is 5.32 Å². The van der Waals surface area contributed by atoms with E-state index < -0.39 is 0 Å². The van der Waals surface area contributed by atoms with Crippen molar-refractivity contribution in [2.45, 2.75) is 38.8 Å². The number of likely N-dealkylation sites (tertiary alicyclic amines) is 1. The van der Waals surface area contributed by atoms with E-state index in [1.54, 1.807) is 11.9 Å². The van der Waals surface area contributed by atoms with E-state index in [0.717, 1.165) is 18.4 Å². The predicted octanol–water partition coefficient (Wildman–Crippen LogP) is 2.05. The molecule has 0 aliphatic carbocycles. The maximum atomic E-state index is 12.9. The first kappa shape index (κ1) is 19.2. The van der Waals surface area contributed by atoms with Crippen molar-refractivity contribution in [2.75, 3.05) is 27.7 Å². The molecule has 128 valence electrons. The standard InChI is InChI=1S/C16H23N3O2.C2H6/c1-17-15(20)13-10-7-11-19(13)16(21)14(18(2)3)12-8-5-4-6-9-12;1-2/h4-6,8-9,13-14H,7,10-11H2,1-3H3,(H,17,20);1-2H3. The molecule has 2 rings (SSSR count). The van der Waals surface area contributed by atoms with Gasteiger partial charge in [-0.1, -0.05) is 44.2 Å². The van der Waals surface area contributed by atoms with Crippen LogP contribution in [0.4, 0.5) is 0 Å². The summed E-state index contributed by atoms with van der Waals surface area (Å²) in [5.74, 6) is -0.0799. The molecule has 1 N–H and O–H groups in total. The number of likely N-dealkylation sites (N-methyl/N-ethyl adjacent to an activating group) is 2. The average molecular weight is 319 g/mol. The Kier molecular flexibility index (Phi) is 7.75. The number of rotatable bonds is 4. The van der Waals surface area contributed by atoms with Gasteiger partial charge < -0.3 is 10.2 Å². The molecule has 1 aromatic carbocycles. The Bertz CT molecular complexity index is 502. The Morgan fingerprint density at radius 2 is 1.83 bits per heavy atom. The highest BCUT2D eigenvalue weighted by molar-refractivity contribution is 5.90. The lowest BCUT2D eigenvalue weighted by Crippen LogP contribution is -2.48. The maximum absolute atomic E-state index is 12.9. The van der Waals surface area contributed by atoms with Crippen LogP contribution in [0.25, 0.3) is 0 Å². The quantitative estimate of drug-likeness (QED) is 0.924. The lowest BCUT2D eigenvalue weighted by atomic mass is 10.0. The zero-order valence-corrected chi connectivity index (χ0v) is 14.9. The van der Waals surface area contributed by atoms with Gasteiger partial charge >= 0.3 is 0 Å². The molecule has 2 atom stereocenters. The van der Waals surface area contributed by atoms with Crippen molar-refractivity contribution in [3.63, 3.8) is 0 Å². The first-order valence-electron chi connectivity index (χ1n) is 8.29. The van der Waals surface area contributed by atoms with E-state index in [1.807, 2.05) is 63.2 Å². The highest BCUT2D eigenvalue weighted by Gasteiger charge is 2.37. The summed E-state index contributed by atoms with van der Waals surface area (Å²) in [4.78, 5) is 28.5. The Balaban J connectivity index is 0.00000127. The second-order valence-corrected chi connectivity index (χ2v) is 5.58. The number of amides is 2. The smallest absolute Gasteiger partial charge is 0.245 e. The van der Waals surface area contributed by atoms with E-state index in [9.17, 15) is 9.59 Å². The summed E-state index contributed by atoms with van der Waals surface area (Å²) in [6.45, 7) is 4.65. The van der Waals surface area contributed by atoms with Gasteiger partial charge in [0.25, 0.3) is 0 Å². The monoisotopic (exact) mass is 319 g/mol. The van der Waals surface area contributed by atoms with Crippen LogP contribution in [0.5, 0.6) is 0 Å². The lowest BCUT2D eigenvalue weighted by Gasteiger charge is -2.31. The summed E-state index contributed by atoms with van der Waals surface area (Å²) >= 11 is 0. The maximum Gasteiger partial charge on any atom is 0.245 e. The Hall–Kier alpha value is -1.88. The van der Waals surface area contributed by atoms with Gasteiger partial charge in [0.05, 0.1) is 0 Å². The van der Waals surface area contributed by atoms with E-state index in [2.05, 4.69) is 5.32 Å². The Morgan fingerprint density at radius 3 is 2.35 bits per heavy atom. The molecular weight excluding hydrogens is 290 g/mol. The molecule has 1 aromatic rings. The number of hydrogen-bond donors (Lipinski definition) is 1. The molecule has 1 fully saturated rings. The van der Waals surface area contributed by atoms with Gasteiger partial charge in [-0.3, -0.25) is 14.5 Å². The number of nitrogens with one attached hydrogen (secondary N) is 1. The topological polar surface area (TPSA) is 52.7 Å². The van der Waals surface area contributed by atoms with Gasteiger partial charge in [-0.05, 0) is 32.5 Å². The fourth-order valence-electron chi connectivity index (χ4n) is 2.92. The number of hydrogen-bond acceptors (Lipinski definition) is 3. The van der Waals surface area contributed by atoms with E-state index >= 15 is 0 Å². The SMILES string of the molecule is CC.CNC(=O)C1CCCN1C(=O)C(c1ccccc1)N(C)C. The predicted molar refractivity (Wildman–Crippen MR) is 93.0 cm³/mol. The fourth-order valence-corrected chi connectivity index (χ4v) is 2.92. The number of carbonyl (C=O) groups excluding carboxylic acids is 2. The van der Waals surface area contributed by atoms with Gasteiger partial charge in [-0.2, -0.15) is 0 Å². The van der Waals surface area contributed by atoms with E-state index in [1.165, 1.54) is 0 Å². The highest BCUT2D eigenvalue weighted by Crippen LogP contribution is 2.26. The minimum Gasteiger partial charge on any atom is -0.357 e. The molecule has 1 saturated heterocycles. The van der Waals surface area contributed by atoms with Crippen LogP contribution in [0.15, 0.2) is 30.3 Å². The van der Waals surface area contributed by atoms with E-state index in [-0.39, 0.29) is 23.9 Å². The second kappa shape index (κ2) is 9.30. The highest BCUT2D eigenvalue weighted by atomic mass is 16.2. The molecule has 0 aromatic heterocycles. The van der Waals surface area contributed by atoms with Crippen LogP contribution in [-0.4, -0.2) is 55.3 Å². The second-order valence-electron chi connectivity index (χ2n) is 5.58. The number of nitrogens with zero attached hydrogens (tertiary/aromatic N) is 2. The first-order chi connectivity index (χ1) is 11.1. The van der Waals surface area contributed by atoms with Gasteiger partial charge in [0.2, 0.25) is 11.8 Å². The summed E-state index contributed by atoms with van der Waals surface area (Å²) in [5.41, 5.74) is 0.954. The van der Waals surface area contributed by atoms with Gasteiger partial charge in [0, 0.05) is 13.6 Å². The van der Waals surface area contributed by atoms with Gasteiger partial charge in [-0.15, -0.1) is 0 Å². The van der Waals surface area contributed by atoms with E-state index in [0.29, 0.717) is 6.54 Å². The molecule has 5 heteroatoms. The molecule has 2 amide bonds. The molecule has 23 heavy (non-hydrogen) atoms. The number of benzene rings is 1. The van der Waals surface area contributed by atoms with Crippen LogP contribution in [0.2, 0.25) is 0 Å². The molecule has 5 nitrogen and oxygen atoms in total. The largest absolute Gasteiger partial charge is 0.357 e. The zero-order valence-electron chi connectivity index (χ0n) is 14.9. The minimum atomic E-state index is -0.351. The summed E-state index contributed by atoms with van der Waals surface area (Å²) in [7, 11) is 5.39. The lowest BCUT2D eigenvalue weighted by molar-refractivity contribution is -0.142. The van der Waals surface area contributed by atoms with Gasteiger partial charge in [0.15, 0.2) is 0 Å². The third-order valence-corrected chi connectivity index (χ3v) is 3.95. The zero-order chi connectivity index (χ0) is 17.4. The molecule has 1 aliphatic heterocycles. The Labute approximate surface area is 139 Å². The Morgan fingerprint density at radius 1 is 1.22 bits per heavy atom. The minimum absolute atomic E-state index is 0.00250. The van der Waals surface area contributed by atoms with Crippen molar-refractivity contribution in [2.24, 2.45) is 0 Å². The molecule has 1 heterocycles. The van der Waals surface area contributed by atoms with Crippen LogP contribution in [0, 0.1) is 0 Å². The molecule has 0 spiro atoms.